The van der Waals surface area contributed by atoms with Crippen LogP contribution < -0.4 is 10.1 Å². The first kappa shape index (κ1) is 15.5. The summed E-state index contributed by atoms with van der Waals surface area (Å²) in [5.41, 5.74) is 3.05. The monoisotopic (exact) mass is 291 g/mol. The summed E-state index contributed by atoms with van der Waals surface area (Å²) in [6.45, 7) is 6.50. The first-order valence-electron chi connectivity index (χ1n) is 7.20. The molecule has 1 N–H and O–H groups in total. The molecule has 0 fully saturated rings. The first-order chi connectivity index (χ1) is 10.1. The molecular weight excluding hydrogens is 269 g/mol. The Morgan fingerprint density at radius 3 is 2.86 bits per heavy atom. The normalized spacial score (nSPS) is 10.9. The smallest absolute Gasteiger partial charge is 0.165 e. The van der Waals surface area contributed by atoms with Crippen LogP contribution in [0.15, 0.2) is 24.4 Å². The number of aryl methyl sites for hydroxylation is 1. The molecule has 0 aliphatic heterocycles. The fourth-order valence-electron chi connectivity index (χ4n) is 2.21. The lowest BCUT2D eigenvalue weighted by molar-refractivity contribution is 0.386. The molecule has 0 amide bonds. The van der Waals surface area contributed by atoms with E-state index in [0.29, 0.717) is 6.54 Å². The van der Waals surface area contributed by atoms with Gasteiger partial charge >= 0.3 is 0 Å². The van der Waals surface area contributed by atoms with E-state index in [2.05, 4.69) is 17.3 Å². The van der Waals surface area contributed by atoms with Crippen molar-refractivity contribution in [2.45, 2.75) is 33.4 Å². The molecule has 0 saturated carbocycles. The number of nitrogens with one attached hydrogen (secondary N) is 1. The summed E-state index contributed by atoms with van der Waals surface area (Å²) in [7, 11) is 1.46. The minimum atomic E-state index is -0.344. The van der Waals surface area contributed by atoms with Gasteiger partial charge in [0.1, 0.15) is 0 Å². The molecule has 114 valence electrons. The number of hydrogen-bond donors (Lipinski definition) is 1. The van der Waals surface area contributed by atoms with Gasteiger partial charge in [0.05, 0.1) is 19.3 Å². The Labute approximate surface area is 124 Å². The highest BCUT2D eigenvalue weighted by atomic mass is 19.1. The largest absolute Gasteiger partial charge is 0.494 e. The third-order valence-corrected chi connectivity index (χ3v) is 3.35. The van der Waals surface area contributed by atoms with E-state index in [1.165, 1.54) is 18.7 Å². The Kier molecular flexibility index (Phi) is 5.33. The lowest BCUT2D eigenvalue weighted by Crippen LogP contribution is -2.13. The number of aromatic nitrogens is 2. The minimum Gasteiger partial charge on any atom is -0.494 e. The van der Waals surface area contributed by atoms with E-state index in [4.69, 9.17) is 4.74 Å². The van der Waals surface area contributed by atoms with Crippen molar-refractivity contribution in [1.29, 1.82) is 0 Å². The quantitative estimate of drug-likeness (QED) is 0.797. The highest BCUT2D eigenvalue weighted by molar-refractivity contribution is 5.29. The third-order valence-electron chi connectivity index (χ3n) is 3.35. The Morgan fingerprint density at radius 1 is 1.38 bits per heavy atom. The molecule has 0 bridgehead atoms. The lowest BCUT2D eigenvalue weighted by Gasteiger charge is -2.05. The van der Waals surface area contributed by atoms with Crippen molar-refractivity contribution >= 4 is 0 Å². The van der Waals surface area contributed by atoms with Gasteiger partial charge in [-0.1, -0.05) is 13.0 Å². The van der Waals surface area contributed by atoms with Gasteiger partial charge in [0.2, 0.25) is 0 Å². The van der Waals surface area contributed by atoms with Crippen LogP contribution in [0.5, 0.6) is 5.75 Å². The maximum Gasteiger partial charge on any atom is 0.165 e. The molecule has 5 heteroatoms. The van der Waals surface area contributed by atoms with Gasteiger partial charge in [0.15, 0.2) is 11.6 Å². The van der Waals surface area contributed by atoms with Gasteiger partial charge in [0.25, 0.3) is 0 Å². The molecule has 0 atom stereocenters. The van der Waals surface area contributed by atoms with E-state index >= 15 is 0 Å². The van der Waals surface area contributed by atoms with Crippen LogP contribution in [0.4, 0.5) is 4.39 Å². The van der Waals surface area contributed by atoms with Crippen molar-refractivity contribution in [2.75, 3.05) is 13.7 Å². The lowest BCUT2D eigenvalue weighted by atomic mass is 10.2. The summed E-state index contributed by atoms with van der Waals surface area (Å²) < 4.78 is 20.4. The second-order valence-corrected chi connectivity index (χ2v) is 5.08. The number of hydrogen-bond acceptors (Lipinski definition) is 3. The van der Waals surface area contributed by atoms with Crippen molar-refractivity contribution < 1.29 is 9.13 Å². The zero-order valence-electron chi connectivity index (χ0n) is 12.8. The number of methoxy groups -OCH3 is 1. The average molecular weight is 291 g/mol. The number of rotatable bonds is 7. The van der Waals surface area contributed by atoms with Crippen LogP contribution in [0.25, 0.3) is 0 Å². The molecule has 2 aromatic rings. The van der Waals surface area contributed by atoms with Crippen LogP contribution in [0.1, 0.15) is 30.2 Å². The van der Waals surface area contributed by atoms with Crippen LogP contribution in [0.3, 0.4) is 0 Å². The molecule has 1 aromatic heterocycles. The van der Waals surface area contributed by atoms with Crippen LogP contribution in [-0.4, -0.2) is 23.4 Å². The number of halogens is 1. The molecule has 1 aromatic carbocycles. The number of nitrogens with zero attached hydrogens (tertiary/aromatic N) is 2. The fraction of sp³-hybridized carbons (Fsp3) is 0.438. The standard InChI is InChI=1S/C16H22FN3O/c1-4-7-18-9-14-11-20(19-12(14)2)10-13-5-6-16(21-3)15(17)8-13/h5-6,8,11,18H,4,7,9-10H2,1-3H3. The predicted molar refractivity (Wildman–Crippen MR) is 81.0 cm³/mol. The predicted octanol–water partition coefficient (Wildman–Crippen LogP) is 2.89. The Morgan fingerprint density at radius 2 is 2.19 bits per heavy atom. The summed E-state index contributed by atoms with van der Waals surface area (Å²) in [6, 6.07) is 4.99. The Balaban J connectivity index is 2.06. The van der Waals surface area contributed by atoms with Gasteiger partial charge < -0.3 is 10.1 Å². The fourth-order valence-corrected chi connectivity index (χ4v) is 2.21. The van der Waals surface area contributed by atoms with Gasteiger partial charge in [-0.3, -0.25) is 4.68 Å². The third kappa shape index (κ3) is 4.04. The summed E-state index contributed by atoms with van der Waals surface area (Å²) in [4.78, 5) is 0. The number of benzene rings is 1. The topological polar surface area (TPSA) is 39.1 Å². The van der Waals surface area contributed by atoms with E-state index in [9.17, 15) is 4.39 Å². The van der Waals surface area contributed by atoms with E-state index in [1.54, 1.807) is 6.07 Å². The molecule has 21 heavy (non-hydrogen) atoms. The maximum atomic E-state index is 13.7. The molecular formula is C16H22FN3O. The van der Waals surface area contributed by atoms with Crippen molar-refractivity contribution in [1.82, 2.24) is 15.1 Å². The second-order valence-electron chi connectivity index (χ2n) is 5.08. The zero-order chi connectivity index (χ0) is 15.2. The van der Waals surface area contributed by atoms with Gasteiger partial charge in [0, 0.05) is 18.3 Å². The zero-order valence-corrected chi connectivity index (χ0v) is 12.8. The molecule has 0 spiro atoms. The average Bonchev–Trinajstić information content (AvgIpc) is 2.79. The van der Waals surface area contributed by atoms with E-state index in [1.807, 2.05) is 23.9 Å². The van der Waals surface area contributed by atoms with Gasteiger partial charge in [-0.05, 0) is 37.6 Å². The molecule has 1 heterocycles. The minimum absolute atomic E-state index is 0.264. The van der Waals surface area contributed by atoms with Gasteiger partial charge in [-0.25, -0.2) is 4.39 Å². The molecule has 2 rings (SSSR count). The Bertz CT molecular complexity index is 595. The van der Waals surface area contributed by atoms with Crippen LogP contribution in [0.2, 0.25) is 0 Å². The second kappa shape index (κ2) is 7.22. The molecule has 0 saturated heterocycles. The highest BCUT2D eigenvalue weighted by Gasteiger charge is 2.07. The van der Waals surface area contributed by atoms with Crippen molar-refractivity contribution in [3.05, 3.63) is 47.0 Å². The SMILES string of the molecule is CCCNCc1cn(Cc2ccc(OC)c(F)c2)nc1C. The molecule has 0 aliphatic carbocycles. The highest BCUT2D eigenvalue weighted by Crippen LogP contribution is 2.18. The van der Waals surface area contributed by atoms with Gasteiger partial charge in [-0.2, -0.15) is 5.10 Å². The van der Waals surface area contributed by atoms with Crippen molar-refractivity contribution in [2.24, 2.45) is 0 Å². The van der Waals surface area contributed by atoms with Crippen LogP contribution in [0, 0.1) is 12.7 Å². The first-order valence-corrected chi connectivity index (χ1v) is 7.20. The van der Waals surface area contributed by atoms with E-state index < -0.39 is 0 Å². The molecule has 0 radical (unpaired) electrons. The summed E-state index contributed by atoms with van der Waals surface area (Å²) in [6.07, 6.45) is 3.12. The molecule has 0 unspecified atom stereocenters. The van der Waals surface area contributed by atoms with E-state index in [-0.39, 0.29) is 11.6 Å². The molecule has 4 nitrogen and oxygen atoms in total. The van der Waals surface area contributed by atoms with Crippen LogP contribution in [-0.2, 0) is 13.1 Å². The van der Waals surface area contributed by atoms with Gasteiger partial charge in [-0.15, -0.1) is 0 Å². The number of ether oxygens (including phenoxy) is 1. The molecule has 0 aliphatic rings. The van der Waals surface area contributed by atoms with E-state index in [0.717, 1.165) is 30.8 Å². The van der Waals surface area contributed by atoms with Crippen molar-refractivity contribution in [3.8, 4) is 5.75 Å². The summed E-state index contributed by atoms with van der Waals surface area (Å²) in [5, 5.41) is 7.84. The Hall–Kier alpha value is -1.88. The van der Waals surface area contributed by atoms with Crippen molar-refractivity contribution in [3.63, 3.8) is 0 Å². The maximum absolute atomic E-state index is 13.7. The van der Waals surface area contributed by atoms with Crippen LogP contribution >= 0.6 is 0 Å². The summed E-state index contributed by atoms with van der Waals surface area (Å²) >= 11 is 0. The summed E-state index contributed by atoms with van der Waals surface area (Å²) in [5.74, 6) is -0.0800.